The van der Waals surface area contributed by atoms with Crippen molar-refractivity contribution in [3.05, 3.63) is 34.9 Å². The van der Waals surface area contributed by atoms with Crippen LogP contribution in [0.3, 0.4) is 0 Å². The molecule has 7 nitrogen and oxygen atoms in total. The summed E-state index contributed by atoms with van der Waals surface area (Å²) in [4.78, 5) is 3.83. The summed E-state index contributed by atoms with van der Waals surface area (Å²) in [6.45, 7) is -0.344. The molecule has 0 radical (unpaired) electrons. The van der Waals surface area contributed by atoms with Crippen LogP contribution in [0.4, 0.5) is 30.5 Å². The van der Waals surface area contributed by atoms with Crippen LogP contribution in [-0.2, 0) is 6.61 Å². The van der Waals surface area contributed by atoms with Gasteiger partial charge in [0.15, 0.2) is 5.82 Å². The van der Waals surface area contributed by atoms with Gasteiger partial charge >= 0.3 is 6.36 Å². The van der Waals surface area contributed by atoms with E-state index < -0.39 is 12.1 Å². The van der Waals surface area contributed by atoms with Crippen molar-refractivity contribution in [3.63, 3.8) is 0 Å². The maximum Gasteiger partial charge on any atom is 0.573 e. The van der Waals surface area contributed by atoms with Crippen molar-refractivity contribution in [1.82, 2.24) is 4.98 Å². The Labute approximate surface area is 139 Å². The molecule has 0 unspecified atom stereocenters. The lowest BCUT2D eigenvalue weighted by molar-refractivity contribution is -0.275. The molecular weight excluding hydrogens is 351 g/mol. The minimum absolute atomic E-state index is 0.00599. The van der Waals surface area contributed by atoms with Gasteiger partial charge in [-0.3, -0.25) is 0 Å². The molecule has 7 N–H and O–H groups in total. The average Bonchev–Trinajstić information content (AvgIpc) is 2.48. The molecule has 1 heterocycles. The second-order valence-electron chi connectivity index (χ2n) is 4.50. The van der Waals surface area contributed by atoms with Gasteiger partial charge in [0.25, 0.3) is 0 Å². The summed E-state index contributed by atoms with van der Waals surface area (Å²) in [5.74, 6) is 4.96. The zero-order chi connectivity index (χ0) is 17.9. The highest BCUT2D eigenvalue weighted by Crippen LogP contribution is 2.34. The number of hydrogen-bond acceptors (Lipinski definition) is 7. The highest BCUT2D eigenvalue weighted by molar-refractivity contribution is 6.31. The molecule has 0 amide bonds. The number of nitrogens with zero attached hydrogens (tertiary/aromatic N) is 1. The predicted octanol–water partition coefficient (Wildman–Crippen LogP) is 2.66. The second kappa shape index (κ2) is 6.89. The Bertz CT molecular complexity index is 742. The minimum atomic E-state index is -4.86. The largest absolute Gasteiger partial charge is 0.573 e. The third kappa shape index (κ3) is 4.24. The van der Waals surface area contributed by atoms with Crippen LogP contribution in [0.1, 0.15) is 5.56 Å². The summed E-state index contributed by atoms with van der Waals surface area (Å²) in [6.07, 6.45) is -4.86. The Kier molecular flexibility index (Phi) is 5.10. The fourth-order valence-corrected chi connectivity index (χ4v) is 2.05. The second-order valence-corrected chi connectivity index (χ2v) is 4.91. The number of aromatic nitrogens is 1. The van der Waals surface area contributed by atoms with Crippen LogP contribution in [0, 0.1) is 0 Å². The van der Waals surface area contributed by atoms with Crippen LogP contribution >= 0.6 is 11.6 Å². The third-order valence-corrected chi connectivity index (χ3v) is 3.20. The predicted molar refractivity (Wildman–Crippen MR) is 83.3 cm³/mol. The Morgan fingerprint density at radius 3 is 2.54 bits per heavy atom. The van der Waals surface area contributed by atoms with Crippen LogP contribution in [-0.4, -0.2) is 11.3 Å². The Balaban J connectivity index is 2.28. The normalized spacial score (nSPS) is 11.2. The van der Waals surface area contributed by atoms with Crippen molar-refractivity contribution < 1.29 is 22.6 Å². The van der Waals surface area contributed by atoms with E-state index in [1.165, 1.54) is 18.2 Å². The summed E-state index contributed by atoms with van der Waals surface area (Å²) in [6, 6.07) is 5.15. The number of hydrogen-bond donors (Lipinski definition) is 4. The van der Waals surface area contributed by atoms with Gasteiger partial charge in [0, 0.05) is 6.07 Å². The summed E-state index contributed by atoms with van der Waals surface area (Å²) in [5.41, 5.74) is 13.6. The lowest BCUT2D eigenvalue weighted by Gasteiger charge is -2.16. The fourth-order valence-electron chi connectivity index (χ4n) is 1.83. The number of nitrogens with two attached hydrogens (primary N) is 3. The monoisotopic (exact) mass is 363 g/mol. The first kappa shape index (κ1) is 17.8. The molecule has 0 fully saturated rings. The Morgan fingerprint density at radius 2 is 1.92 bits per heavy atom. The van der Waals surface area contributed by atoms with Crippen molar-refractivity contribution >= 4 is 28.9 Å². The molecule has 0 spiro atoms. The quantitative estimate of drug-likeness (QED) is 0.476. The van der Waals surface area contributed by atoms with Crippen molar-refractivity contribution in [2.24, 2.45) is 5.84 Å². The number of rotatable bonds is 5. The molecule has 130 valence electrons. The molecule has 1 aromatic carbocycles. The SMILES string of the molecule is NNc1nc(N)cc(OCc2c(Cl)cccc2OC(F)(F)F)c1N. The molecule has 0 saturated carbocycles. The molecular formula is C13H13ClF3N5O2. The number of nitrogens with one attached hydrogen (secondary N) is 1. The minimum Gasteiger partial charge on any atom is -0.486 e. The number of benzene rings is 1. The van der Waals surface area contributed by atoms with Crippen LogP contribution in [0.15, 0.2) is 24.3 Å². The molecule has 2 rings (SSSR count). The van der Waals surface area contributed by atoms with Crippen molar-refractivity contribution in [2.75, 3.05) is 16.9 Å². The smallest absolute Gasteiger partial charge is 0.486 e. The number of hydrazine groups is 1. The maximum atomic E-state index is 12.5. The van der Waals surface area contributed by atoms with Crippen molar-refractivity contribution in [3.8, 4) is 11.5 Å². The van der Waals surface area contributed by atoms with E-state index in [2.05, 4.69) is 15.1 Å². The summed E-state index contributed by atoms with van der Waals surface area (Å²) >= 11 is 5.93. The highest BCUT2D eigenvalue weighted by Gasteiger charge is 2.32. The van der Waals surface area contributed by atoms with E-state index >= 15 is 0 Å². The van der Waals surface area contributed by atoms with Gasteiger partial charge in [-0.2, -0.15) is 0 Å². The lowest BCUT2D eigenvalue weighted by atomic mass is 10.2. The topological polar surface area (TPSA) is 121 Å². The van der Waals surface area contributed by atoms with Crippen LogP contribution in [0.25, 0.3) is 0 Å². The number of alkyl halides is 3. The Morgan fingerprint density at radius 1 is 1.21 bits per heavy atom. The molecule has 2 aromatic rings. The van der Waals surface area contributed by atoms with Crippen molar-refractivity contribution in [1.29, 1.82) is 0 Å². The van der Waals surface area contributed by atoms with Gasteiger partial charge in [-0.1, -0.05) is 17.7 Å². The van der Waals surface area contributed by atoms with E-state index in [-0.39, 0.29) is 40.3 Å². The van der Waals surface area contributed by atoms with Gasteiger partial charge in [-0.25, -0.2) is 10.8 Å². The number of ether oxygens (including phenoxy) is 2. The lowest BCUT2D eigenvalue weighted by Crippen LogP contribution is -2.18. The molecule has 0 aliphatic rings. The van der Waals surface area contributed by atoms with Gasteiger partial charge in [-0.15, -0.1) is 13.2 Å². The zero-order valence-electron chi connectivity index (χ0n) is 12.0. The molecule has 0 aliphatic heterocycles. The number of halogens is 4. The highest BCUT2D eigenvalue weighted by atomic mass is 35.5. The molecule has 0 atom stereocenters. The van der Waals surface area contributed by atoms with E-state index in [9.17, 15) is 13.2 Å². The van der Waals surface area contributed by atoms with Gasteiger partial charge in [0.1, 0.15) is 29.6 Å². The van der Waals surface area contributed by atoms with E-state index in [1.54, 1.807) is 0 Å². The van der Waals surface area contributed by atoms with E-state index in [4.69, 9.17) is 33.6 Å². The van der Waals surface area contributed by atoms with Gasteiger partial charge in [0.05, 0.1) is 10.6 Å². The first-order valence-corrected chi connectivity index (χ1v) is 6.77. The average molecular weight is 364 g/mol. The van der Waals surface area contributed by atoms with Gasteiger partial charge in [0.2, 0.25) is 0 Å². The first-order valence-electron chi connectivity index (χ1n) is 6.40. The Hall–Kier alpha value is -2.59. The van der Waals surface area contributed by atoms with Crippen LogP contribution in [0.5, 0.6) is 11.5 Å². The van der Waals surface area contributed by atoms with E-state index in [0.717, 1.165) is 6.07 Å². The molecule has 1 aromatic heterocycles. The standard InChI is InChI=1S/C13H13ClF3N5O2/c14-7-2-1-3-8(24-13(15,16)17)6(7)5-23-9-4-10(18)21-12(22-20)11(9)19/h1-4H,5,19-20H2,(H3,18,21,22). The van der Waals surface area contributed by atoms with Crippen LogP contribution < -0.4 is 32.2 Å². The molecule has 24 heavy (non-hydrogen) atoms. The molecule has 0 aliphatic carbocycles. The fraction of sp³-hybridized carbons (Fsp3) is 0.154. The zero-order valence-corrected chi connectivity index (χ0v) is 12.8. The first-order chi connectivity index (χ1) is 11.2. The maximum absolute atomic E-state index is 12.5. The van der Waals surface area contributed by atoms with Crippen LogP contribution in [0.2, 0.25) is 5.02 Å². The summed E-state index contributed by atoms with van der Waals surface area (Å²) in [7, 11) is 0. The molecule has 0 saturated heterocycles. The van der Waals surface area contributed by atoms with E-state index in [0.29, 0.717) is 0 Å². The molecule has 11 heteroatoms. The number of anilines is 3. The van der Waals surface area contributed by atoms with Gasteiger partial charge < -0.3 is 26.4 Å². The summed E-state index contributed by atoms with van der Waals surface area (Å²) < 4.78 is 46.7. The van der Waals surface area contributed by atoms with E-state index in [1.807, 2.05) is 0 Å². The number of nitrogen functional groups attached to an aromatic ring is 3. The third-order valence-electron chi connectivity index (χ3n) is 2.85. The van der Waals surface area contributed by atoms with Gasteiger partial charge in [-0.05, 0) is 12.1 Å². The van der Waals surface area contributed by atoms with Crippen molar-refractivity contribution in [2.45, 2.75) is 13.0 Å². The number of pyridine rings is 1. The molecule has 0 bridgehead atoms. The summed E-state index contributed by atoms with van der Waals surface area (Å²) in [5, 5.41) is 0.0366.